The van der Waals surface area contributed by atoms with Gasteiger partial charge in [-0.15, -0.1) is 0 Å². The molecule has 1 fully saturated rings. The lowest BCUT2D eigenvalue weighted by Gasteiger charge is -2.27. The molecule has 3 nitrogen and oxygen atoms in total. The van der Waals surface area contributed by atoms with Crippen LogP contribution in [0.15, 0.2) is 0 Å². The van der Waals surface area contributed by atoms with Gasteiger partial charge in [0, 0.05) is 19.9 Å². The van der Waals surface area contributed by atoms with Crippen LogP contribution in [0.1, 0.15) is 12.8 Å². The van der Waals surface area contributed by atoms with Crippen LogP contribution in [-0.2, 0) is 9.59 Å². The van der Waals surface area contributed by atoms with Crippen LogP contribution in [0, 0.1) is 12.8 Å². The van der Waals surface area contributed by atoms with Gasteiger partial charge in [-0.3, -0.25) is 14.5 Å². The van der Waals surface area contributed by atoms with Gasteiger partial charge in [-0.2, -0.15) is 5.92 Å². The van der Waals surface area contributed by atoms with Crippen molar-refractivity contribution in [2.24, 2.45) is 5.92 Å². The van der Waals surface area contributed by atoms with E-state index in [1.807, 2.05) is 0 Å². The number of nitrogens with zero attached hydrogens (tertiary/aromatic N) is 1. The Morgan fingerprint density at radius 1 is 1.40 bits per heavy atom. The van der Waals surface area contributed by atoms with E-state index >= 15 is 0 Å². The van der Waals surface area contributed by atoms with Gasteiger partial charge in [-0.1, -0.05) is 0 Å². The molecule has 0 aromatic heterocycles. The SMILES string of the molecule is [CH2-]C1CC(=O)N(C)C(=O)C1. The first-order valence-electron chi connectivity index (χ1n) is 3.23. The fourth-order valence-corrected chi connectivity index (χ4v) is 0.979. The molecule has 0 bridgehead atoms. The number of rotatable bonds is 0. The summed E-state index contributed by atoms with van der Waals surface area (Å²) in [4.78, 5) is 22.9. The van der Waals surface area contributed by atoms with Crippen LogP contribution in [0.5, 0.6) is 0 Å². The lowest BCUT2D eigenvalue weighted by atomic mass is 9.98. The van der Waals surface area contributed by atoms with Crippen molar-refractivity contribution < 1.29 is 9.59 Å². The molecular weight excluding hydrogens is 130 g/mol. The predicted octanol–water partition coefficient (Wildman–Crippen LogP) is 0.215. The third-order valence-electron chi connectivity index (χ3n) is 1.67. The summed E-state index contributed by atoms with van der Waals surface area (Å²) >= 11 is 0. The molecule has 1 saturated heterocycles. The molecule has 0 spiro atoms. The predicted molar refractivity (Wildman–Crippen MR) is 35.9 cm³/mol. The van der Waals surface area contributed by atoms with Crippen LogP contribution in [0.3, 0.4) is 0 Å². The van der Waals surface area contributed by atoms with Crippen molar-refractivity contribution in [3.8, 4) is 0 Å². The highest BCUT2D eigenvalue weighted by atomic mass is 16.2. The summed E-state index contributed by atoms with van der Waals surface area (Å²) < 4.78 is 0. The molecule has 2 amide bonds. The van der Waals surface area contributed by atoms with Crippen molar-refractivity contribution in [2.75, 3.05) is 7.05 Å². The van der Waals surface area contributed by atoms with E-state index < -0.39 is 0 Å². The molecule has 1 heterocycles. The zero-order valence-electron chi connectivity index (χ0n) is 5.96. The molecule has 0 unspecified atom stereocenters. The van der Waals surface area contributed by atoms with Gasteiger partial charge in [0.1, 0.15) is 0 Å². The molecule has 0 N–H and O–H groups in total. The van der Waals surface area contributed by atoms with E-state index in [0.29, 0.717) is 12.8 Å². The molecule has 1 aliphatic rings. The molecule has 0 radical (unpaired) electrons. The van der Waals surface area contributed by atoms with Crippen molar-refractivity contribution in [1.82, 2.24) is 4.90 Å². The molecular formula is C7H10NO2-. The van der Waals surface area contributed by atoms with Gasteiger partial charge in [0.15, 0.2) is 0 Å². The fourth-order valence-electron chi connectivity index (χ4n) is 0.979. The summed E-state index contributed by atoms with van der Waals surface area (Å²) in [5.41, 5.74) is 0. The zero-order chi connectivity index (χ0) is 7.72. The van der Waals surface area contributed by atoms with E-state index in [1.165, 1.54) is 11.9 Å². The minimum Gasteiger partial charge on any atom is -0.339 e. The average molecular weight is 140 g/mol. The zero-order valence-corrected chi connectivity index (χ0v) is 5.96. The second-order valence-corrected chi connectivity index (χ2v) is 2.62. The van der Waals surface area contributed by atoms with Crippen LogP contribution in [0.2, 0.25) is 0 Å². The first kappa shape index (κ1) is 7.25. The van der Waals surface area contributed by atoms with Gasteiger partial charge < -0.3 is 6.92 Å². The number of carbonyl (C=O) groups is 2. The number of piperidine rings is 1. The van der Waals surface area contributed by atoms with Crippen LogP contribution in [0.25, 0.3) is 0 Å². The first-order chi connectivity index (χ1) is 4.61. The molecule has 0 aromatic carbocycles. The van der Waals surface area contributed by atoms with Gasteiger partial charge >= 0.3 is 0 Å². The van der Waals surface area contributed by atoms with Crippen molar-refractivity contribution in [3.05, 3.63) is 6.92 Å². The molecule has 10 heavy (non-hydrogen) atoms. The Morgan fingerprint density at radius 2 is 1.80 bits per heavy atom. The van der Waals surface area contributed by atoms with Crippen molar-refractivity contribution in [1.29, 1.82) is 0 Å². The summed E-state index contributed by atoms with van der Waals surface area (Å²) in [5, 5.41) is 0. The molecule has 0 atom stereocenters. The van der Waals surface area contributed by atoms with Gasteiger partial charge in [-0.25, -0.2) is 0 Å². The number of amides is 2. The smallest absolute Gasteiger partial charge is 0.226 e. The second-order valence-electron chi connectivity index (χ2n) is 2.62. The maximum absolute atomic E-state index is 10.9. The third-order valence-corrected chi connectivity index (χ3v) is 1.67. The topological polar surface area (TPSA) is 37.4 Å². The summed E-state index contributed by atoms with van der Waals surface area (Å²) in [7, 11) is 1.51. The molecule has 0 aromatic rings. The van der Waals surface area contributed by atoms with Crippen LogP contribution >= 0.6 is 0 Å². The van der Waals surface area contributed by atoms with E-state index in [4.69, 9.17) is 0 Å². The average Bonchev–Trinajstić information content (AvgIpc) is 1.82. The molecule has 1 aliphatic heterocycles. The highest BCUT2D eigenvalue weighted by Crippen LogP contribution is 2.16. The highest BCUT2D eigenvalue weighted by molar-refractivity contribution is 5.97. The quantitative estimate of drug-likeness (QED) is 0.356. The number of hydrogen-bond acceptors (Lipinski definition) is 2. The molecule has 1 rings (SSSR count). The van der Waals surface area contributed by atoms with Crippen molar-refractivity contribution in [3.63, 3.8) is 0 Å². The van der Waals surface area contributed by atoms with Crippen molar-refractivity contribution in [2.45, 2.75) is 12.8 Å². The Bertz CT molecular complexity index is 158. The van der Waals surface area contributed by atoms with Crippen LogP contribution in [0.4, 0.5) is 0 Å². The van der Waals surface area contributed by atoms with Gasteiger partial charge in [0.2, 0.25) is 11.8 Å². The van der Waals surface area contributed by atoms with E-state index in [1.54, 1.807) is 0 Å². The van der Waals surface area contributed by atoms with Gasteiger partial charge in [-0.05, 0) is 0 Å². The summed E-state index contributed by atoms with van der Waals surface area (Å²) in [6.07, 6.45) is 0.810. The lowest BCUT2D eigenvalue weighted by Crippen LogP contribution is -2.39. The number of imide groups is 1. The summed E-state index contributed by atoms with van der Waals surface area (Å²) in [6, 6.07) is 0. The fraction of sp³-hybridized carbons (Fsp3) is 0.571. The molecule has 0 saturated carbocycles. The van der Waals surface area contributed by atoms with Crippen LogP contribution < -0.4 is 0 Å². The highest BCUT2D eigenvalue weighted by Gasteiger charge is 2.23. The normalized spacial score (nSPS) is 22.0. The Hall–Kier alpha value is -0.860. The Labute approximate surface area is 60.0 Å². The maximum Gasteiger partial charge on any atom is 0.226 e. The Morgan fingerprint density at radius 3 is 2.20 bits per heavy atom. The minimum atomic E-state index is -0.115. The maximum atomic E-state index is 10.9. The molecule has 56 valence electrons. The monoisotopic (exact) mass is 140 g/mol. The first-order valence-corrected chi connectivity index (χ1v) is 3.23. The summed E-state index contributed by atoms with van der Waals surface area (Å²) in [5.74, 6) is -0.247. The van der Waals surface area contributed by atoms with Gasteiger partial charge in [0.05, 0.1) is 0 Å². The second kappa shape index (κ2) is 2.40. The Balaban J connectivity index is 2.66. The standard InChI is InChI=1S/C7H10NO2/c1-5-3-6(9)8(2)7(10)4-5/h5H,1,3-4H2,2H3/q-1. The number of hydrogen-bond donors (Lipinski definition) is 0. The van der Waals surface area contributed by atoms with E-state index in [9.17, 15) is 9.59 Å². The van der Waals surface area contributed by atoms with Crippen molar-refractivity contribution >= 4 is 11.8 Å². The van der Waals surface area contributed by atoms with Gasteiger partial charge in [0.25, 0.3) is 0 Å². The minimum absolute atomic E-state index is 0.0174. The largest absolute Gasteiger partial charge is 0.339 e. The lowest BCUT2D eigenvalue weighted by molar-refractivity contribution is -0.147. The Kier molecular flexibility index (Phi) is 1.74. The van der Waals surface area contributed by atoms with E-state index in [2.05, 4.69) is 6.92 Å². The molecule has 0 aliphatic carbocycles. The number of likely N-dealkylation sites (tertiary alicyclic amines) is 1. The third kappa shape index (κ3) is 1.17. The molecule has 3 heteroatoms. The van der Waals surface area contributed by atoms with E-state index in [0.717, 1.165) is 0 Å². The number of carbonyl (C=O) groups excluding carboxylic acids is 2. The summed E-state index contributed by atoms with van der Waals surface area (Å²) in [6.45, 7) is 3.66. The van der Waals surface area contributed by atoms with E-state index in [-0.39, 0.29) is 17.7 Å². The van der Waals surface area contributed by atoms with Crippen LogP contribution in [-0.4, -0.2) is 23.8 Å².